The lowest BCUT2D eigenvalue weighted by Gasteiger charge is -2.18. The van der Waals surface area contributed by atoms with Crippen molar-refractivity contribution in [2.24, 2.45) is 5.73 Å². The van der Waals surface area contributed by atoms with Gasteiger partial charge in [-0.25, -0.2) is 4.98 Å². The maximum Gasteiger partial charge on any atom is 0.245 e. The highest BCUT2D eigenvalue weighted by molar-refractivity contribution is 5.96. The molecular weight excluding hydrogens is 275 g/mol. The first kappa shape index (κ1) is 19.3. The smallest absolute Gasteiger partial charge is 0.245 e. The zero-order valence-corrected chi connectivity index (χ0v) is 12.6. The third kappa shape index (κ3) is 5.53. The van der Waals surface area contributed by atoms with E-state index in [4.69, 9.17) is 5.73 Å². The fourth-order valence-electron chi connectivity index (χ4n) is 1.00. The van der Waals surface area contributed by atoms with E-state index in [0.717, 1.165) is 5.69 Å². The van der Waals surface area contributed by atoms with E-state index < -0.39 is 5.54 Å². The number of pyridine rings is 1. The molecule has 1 amide bonds. The van der Waals surface area contributed by atoms with Gasteiger partial charge in [0.05, 0.1) is 17.4 Å². The van der Waals surface area contributed by atoms with Crippen molar-refractivity contribution in [2.75, 3.05) is 24.3 Å². The Kier molecular flexibility index (Phi) is 7.94. The highest BCUT2D eigenvalue weighted by Gasteiger charge is 2.21. The SMILES string of the molecule is CN(C)c1ccc(NC(=O)C(C)(C)N)nc1.Cl.Cl. The number of amides is 1. The summed E-state index contributed by atoms with van der Waals surface area (Å²) < 4.78 is 0. The first-order chi connectivity index (χ1) is 7.30. The molecule has 1 aromatic heterocycles. The van der Waals surface area contributed by atoms with Gasteiger partial charge < -0.3 is 16.0 Å². The van der Waals surface area contributed by atoms with Gasteiger partial charge in [-0.15, -0.1) is 24.8 Å². The Morgan fingerprint density at radius 3 is 2.22 bits per heavy atom. The van der Waals surface area contributed by atoms with Crippen LogP contribution < -0.4 is 16.0 Å². The lowest BCUT2D eigenvalue weighted by Crippen LogP contribution is -2.45. The number of nitrogens with zero attached hydrogens (tertiary/aromatic N) is 2. The third-order valence-corrected chi connectivity index (χ3v) is 2.09. The molecule has 0 fully saturated rings. The van der Waals surface area contributed by atoms with E-state index in [1.807, 2.05) is 25.1 Å². The molecule has 0 aliphatic heterocycles. The lowest BCUT2D eigenvalue weighted by molar-refractivity contribution is -0.120. The molecule has 3 N–H and O–H groups in total. The molecule has 1 heterocycles. The quantitative estimate of drug-likeness (QED) is 0.890. The summed E-state index contributed by atoms with van der Waals surface area (Å²) in [5, 5.41) is 2.65. The number of hydrogen-bond acceptors (Lipinski definition) is 4. The average molecular weight is 295 g/mol. The lowest BCUT2D eigenvalue weighted by atomic mass is 10.1. The zero-order valence-electron chi connectivity index (χ0n) is 10.9. The number of nitrogens with two attached hydrogens (primary N) is 1. The van der Waals surface area contributed by atoms with Crippen molar-refractivity contribution in [1.29, 1.82) is 0 Å². The summed E-state index contributed by atoms with van der Waals surface area (Å²) in [6.07, 6.45) is 1.69. The van der Waals surface area contributed by atoms with Crippen LogP contribution in [0.3, 0.4) is 0 Å². The van der Waals surface area contributed by atoms with Crippen molar-refractivity contribution in [3.8, 4) is 0 Å². The molecule has 0 atom stereocenters. The summed E-state index contributed by atoms with van der Waals surface area (Å²) in [7, 11) is 3.86. The van der Waals surface area contributed by atoms with Crippen LogP contribution in [0.4, 0.5) is 11.5 Å². The second-order valence-electron chi connectivity index (χ2n) is 4.47. The molecule has 0 aliphatic carbocycles. The van der Waals surface area contributed by atoms with Crippen LogP contribution >= 0.6 is 24.8 Å². The second kappa shape index (κ2) is 7.41. The molecule has 0 aromatic carbocycles. The molecule has 0 saturated heterocycles. The van der Waals surface area contributed by atoms with E-state index in [1.165, 1.54) is 0 Å². The van der Waals surface area contributed by atoms with Crippen LogP contribution in [-0.4, -0.2) is 30.5 Å². The Balaban J connectivity index is 0. The predicted molar refractivity (Wildman–Crippen MR) is 80.0 cm³/mol. The van der Waals surface area contributed by atoms with Gasteiger partial charge in [0, 0.05) is 14.1 Å². The molecule has 5 nitrogen and oxygen atoms in total. The second-order valence-corrected chi connectivity index (χ2v) is 4.47. The Bertz CT molecular complexity index is 374. The van der Waals surface area contributed by atoms with Crippen LogP contribution in [0.1, 0.15) is 13.8 Å². The van der Waals surface area contributed by atoms with Crippen LogP contribution in [0.15, 0.2) is 18.3 Å². The summed E-state index contributed by atoms with van der Waals surface area (Å²) in [5.74, 6) is 0.256. The minimum atomic E-state index is -0.901. The van der Waals surface area contributed by atoms with Crippen molar-refractivity contribution >= 4 is 42.2 Å². The number of hydrogen-bond donors (Lipinski definition) is 2. The fourth-order valence-corrected chi connectivity index (χ4v) is 1.00. The van der Waals surface area contributed by atoms with Gasteiger partial charge in [-0.1, -0.05) is 0 Å². The van der Waals surface area contributed by atoms with Crippen LogP contribution in [0.5, 0.6) is 0 Å². The van der Waals surface area contributed by atoms with Crippen LogP contribution in [-0.2, 0) is 4.79 Å². The molecule has 1 rings (SSSR count). The molecular formula is C11H20Cl2N4O. The Labute approximate surface area is 120 Å². The Morgan fingerprint density at radius 2 is 1.89 bits per heavy atom. The van der Waals surface area contributed by atoms with Gasteiger partial charge in [0.25, 0.3) is 0 Å². The standard InChI is InChI=1S/C11H18N4O.2ClH/c1-11(2,12)10(16)14-9-6-5-8(7-13-9)15(3)4;;/h5-7H,12H2,1-4H3,(H,13,14,16);2*1H. The fraction of sp³-hybridized carbons (Fsp3) is 0.455. The van der Waals surface area contributed by atoms with Crippen LogP contribution in [0, 0.1) is 0 Å². The molecule has 0 bridgehead atoms. The van der Waals surface area contributed by atoms with E-state index in [9.17, 15) is 4.79 Å². The van der Waals surface area contributed by atoms with Crippen molar-refractivity contribution in [3.05, 3.63) is 18.3 Å². The maximum atomic E-state index is 11.6. The zero-order chi connectivity index (χ0) is 12.3. The van der Waals surface area contributed by atoms with Gasteiger partial charge >= 0.3 is 0 Å². The highest BCUT2D eigenvalue weighted by atomic mass is 35.5. The summed E-state index contributed by atoms with van der Waals surface area (Å²) >= 11 is 0. The number of anilines is 2. The average Bonchev–Trinajstić information content (AvgIpc) is 2.17. The molecule has 18 heavy (non-hydrogen) atoms. The number of halogens is 2. The Hall–Kier alpha value is -1.04. The van der Waals surface area contributed by atoms with Gasteiger partial charge in [-0.05, 0) is 26.0 Å². The molecule has 0 unspecified atom stereocenters. The van der Waals surface area contributed by atoms with Gasteiger partial charge in [0.15, 0.2) is 0 Å². The summed E-state index contributed by atoms with van der Waals surface area (Å²) in [5.41, 5.74) is 5.73. The number of aromatic nitrogens is 1. The molecule has 0 radical (unpaired) electrons. The maximum absolute atomic E-state index is 11.6. The first-order valence-corrected chi connectivity index (χ1v) is 5.04. The van der Waals surface area contributed by atoms with Crippen LogP contribution in [0.25, 0.3) is 0 Å². The van der Waals surface area contributed by atoms with Gasteiger partial charge in [0.1, 0.15) is 5.82 Å². The molecule has 0 saturated carbocycles. The number of nitrogens with one attached hydrogen (secondary N) is 1. The summed E-state index contributed by atoms with van der Waals surface area (Å²) in [4.78, 5) is 17.6. The van der Waals surface area contributed by atoms with Crippen molar-refractivity contribution in [2.45, 2.75) is 19.4 Å². The number of carbonyl (C=O) groups excluding carboxylic acids is 1. The van der Waals surface area contributed by atoms with E-state index in [0.29, 0.717) is 5.82 Å². The number of rotatable bonds is 3. The van der Waals surface area contributed by atoms with E-state index in [2.05, 4.69) is 10.3 Å². The first-order valence-electron chi connectivity index (χ1n) is 5.04. The molecule has 0 spiro atoms. The summed E-state index contributed by atoms with van der Waals surface area (Å²) in [6.45, 7) is 3.30. The van der Waals surface area contributed by atoms with E-state index in [1.54, 1.807) is 26.1 Å². The minimum absolute atomic E-state index is 0. The number of carbonyl (C=O) groups is 1. The molecule has 0 aliphatic rings. The molecule has 1 aromatic rings. The van der Waals surface area contributed by atoms with E-state index in [-0.39, 0.29) is 30.7 Å². The van der Waals surface area contributed by atoms with Crippen molar-refractivity contribution < 1.29 is 4.79 Å². The largest absolute Gasteiger partial charge is 0.376 e. The monoisotopic (exact) mass is 294 g/mol. The van der Waals surface area contributed by atoms with Crippen LogP contribution in [0.2, 0.25) is 0 Å². The minimum Gasteiger partial charge on any atom is -0.376 e. The normalized spacial score (nSPS) is 9.83. The Morgan fingerprint density at radius 1 is 1.33 bits per heavy atom. The molecule has 104 valence electrons. The van der Waals surface area contributed by atoms with Crippen molar-refractivity contribution in [3.63, 3.8) is 0 Å². The summed E-state index contributed by atoms with van der Waals surface area (Å²) in [6, 6.07) is 3.63. The molecule has 7 heteroatoms. The van der Waals surface area contributed by atoms with Crippen molar-refractivity contribution in [1.82, 2.24) is 4.98 Å². The topological polar surface area (TPSA) is 71.2 Å². The predicted octanol–water partition coefficient (Wildman–Crippen LogP) is 1.67. The van der Waals surface area contributed by atoms with Gasteiger partial charge in [0.2, 0.25) is 5.91 Å². The van der Waals surface area contributed by atoms with E-state index >= 15 is 0 Å². The highest BCUT2D eigenvalue weighted by Crippen LogP contribution is 2.12. The van der Waals surface area contributed by atoms with Gasteiger partial charge in [-0.3, -0.25) is 4.79 Å². The third-order valence-electron chi connectivity index (χ3n) is 2.09. The van der Waals surface area contributed by atoms with Gasteiger partial charge in [-0.2, -0.15) is 0 Å².